The van der Waals surface area contributed by atoms with Gasteiger partial charge < -0.3 is 10.2 Å². The van der Waals surface area contributed by atoms with E-state index in [9.17, 15) is 9.59 Å². The Balaban J connectivity index is 2.21. The van der Waals surface area contributed by atoms with Crippen molar-refractivity contribution in [2.45, 2.75) is 44.7 Å². The number of rotatable bonds is 10. The van der Waals surface area contributed by atoms with E-state index in [0.717, 1.165) is 10.5 Å². The van der Waals surface area contributed by atoms with Gasteiger partial charge in [-0.1, -0.05) is 61.6 Å². The van der Waals surface area contributed by atoms with Crippen molar-refractivity contribution in [2.75, 3.05) is 12.3 Å². The summed E-state index contributed by atoms with van der Waals surface area (Å²) in [5.41, 5.74) is 0.814. The van der Waals surface area contributed by atoms with Gasteiger partial charge in [0.15, 0.2) is 0 Å². The van der Waals surface area contributed by atoms with Gasteiger partial charge in [-0.3, -0.25) is 9.59 Å². The zero-order valence-electron chi connectivity index (χ0n) is 17.8. The van der Waals surface area contributed by atoms with Crippen molar-refractivity contribution in [3.63, 3.8) is 0 Å². The maximum Gasteiger partial charge on any atom is 0.242 e. The molecule has 1 N–H and O–H groups in total. The largest absolute Gasteiger partial charge is 0.354 e. The van der Waals surface area contributed by atoms with Crippen LogP contribution in [0.5, 0.6) is 0 Å². The molecule has 0 aliphatic rings. The normalized spacial score (nSPS) is 12.0. The summed E-state index contributed by atoms with van der Waals surface area (Å²) in [6, 6.07) is 12.0. The molecule has 1 atom stereocenters. The Hall–Kier alpha value is -1.40. The highest BCUT2D eigenvalue weighted by atomic mass is 35.5. The number of benzene rings is 2. The lowest BCUT2D eigenvalue weighted by molar-refractivity contribution is -0.139. The van der Waals surface area contributed by atoms with Crippen LogP contribution in [0.3, 0.4) is 0 Å². The molecule has 0 radical (unpaired) electrons. The van der Waals surface area contributed by atoms with Gasteiger partial charge >= 0.3 is 0 Å². The molecule has 0 saturated carbocycles. The van der Waals surface area contributed by atoms with Crippen LogP contribution in [0.1, 0.15) is 32.8 Å². The van der Waals surface area contributed by atoms with Crippen molar-refractivity contribution in [1.82, 2.24) is 10.2 Å². The van der Waals surface area contributed by atoms with E-state index in [2.05, 4.69) is 5.32 Å². The Bertz CT molecular complexity index is 891. The Kier molecular flexibility index (Phi) is 10.5. The molecule has 0 heterocycles. The van der Waals surface area contributed by atoms with E-state index < -0.39 is 6.04 Å². The molecule has 4 nitrogen and oxygen atoms in total. The van der Waals surface area contributed by atoms with Crippen molar-refractivity contribution >= 4 is 58.4 Å². The molecule has 0 fully saturated rings. The summed E-state index contributed by atoms with van der Waals surface area (Å²) < 4.78 is 0. The minimum Gasteiger partial charge on any atom is -0.354 e. The number of carbonyl (C=O) groups is 2. The summed E-state index contributed by atoms with van der Waals surface area (Å²) in [6.45, 7) is 6.79. The van der Waals surface area contributed by atoms with E-state index >= 15 is 0 Å². The highest BCUT2D eigenvalue weighted by molar-refractivity contribution is 8.00. The number of thioether (sulfide) groups is 1. The van der Waals surface area contributed by atoms with Gasteiger partial charge in [0.1, 0.15) is 6.04 Å². The number of hydrogen-bond donors (Lipinski definition) is 1. The summed E-state index contributed by atoms with van der Waals surface area (Å²) in [7, 11) is 0. The molecule has 2 aromatic rings. The van der Waals surface area contributed by atoms with Gasteiger partial charge in [-0.05, 0) is 54.3 Å². The van der Waals surface area contributed by atoms with Gasteiger partial charge in [0, 0.05) is 23.0 Å². The molecule has 8 heteroatoms. The second-order valence-corrected chi connectivity index (χ2v) is 9.88. The molecule has 0 aliphatic carbocycles. The molecule has 0 bridgehead atoms. The topological polar surface area (TPSA) is 49.4 Å². The third-order valence-electron chi connectivity index (χ3n) is 4.58. The summed E-state index contributed by atoms with van der Waals surface area (Å²) in [6.07, 6.45) is 0.503. The monoisotopic (exact) mass is 500 g/mol. The van der Waals surface area contributed by atoms with Crippen LogP contribution in [-0.2, 0) is 16.1 Å². The lowest BCUT2D eigenvalue weighted by atomic mass is 10.1. The minimum absolute atomic E-state index is 0.127. The first-order valence-corrected chi connectivity index (χ1v) is 12.2. The second-order valence-electron chi connectivity index (χ2n) is 7.58. The van der Waals surface area contributed by atoms with Gasteiger partial charge in [0.05, 0.1) is 15.8 Å². The third kappa shape index (κ3) is 8.23. The van der Waals surface area contributed by atoms with Gasteiger partial charge in [-0.25, -0.2) is 0 Å². The van der Waals surface area contributed by atoms with Crippen LogP contribution in [-0.4, -0.2) is 35.1 Å². The summed E-state index contributed by atoms with van der Waals surface area (Å²) in [5, 5.41) is 4.46. The zero-order valence-corrected chi connectivity index (χ0v) is 20.9. The van der Waals surface area contributed by atoms with Gasteiger partial charge in [-0.2, -0.15) is 0 Å². The van der Waals surface area contributed by atoms with E-state index in [1.165, 1.54) is 11.8 Å². The Morgan fingerprint density at radius 3 is 2.29 bits per heavy atom. The molecule has 0 spiro atoms. The average Bonchev–Trinajstić information content (AvgIpc) is 2.74. The first-order valence-electron chi connectivity index (χ1n) is 10.1. The van der Waals surface area contributed by atoms with Crippen molar-refractivity contribution in [3.05, 3.63) is 63.1 Å². The van der Waals surface area contributed by atoms with Crippen LogP contribution in [0.25, 0.3) is 0 Å². The molecule has 0 aromatic heterocycles. The smallest absolute Gasteiger partial charge is 0.242 e. The molecular formula is C23H27Cl3N2O2S. The van der Waals surface area contributed by atoms with E-state index in [-0.39, 0.29) is 24.1 Å². The number of carbonyl (C=O) groups excluding carboxylic acids is 2. The predicted molar refractivity (Wildman–Crippen MR) is 131 cm³/mol. The second kappa shape index (κ2) is 12.6. The van der Waals surface area contributed by atoms with Crippen LogP contribution in [0, 0.1) is 5.92 Å². The highest BCUT2D eigenvalue weighted by Crippen LogP contribution is 2.25. The molecule has 2 rings (SSSR count). The summed E-state index contributed by atoms with van der Waals surface area (Å²) in [5.74, 6) is 0.247. The van der Waals surface area contributed by atoms with Crippen LogP contribution < -0.4 is 5.32 Å². The SMILES string of the molecule is CC[C@@H](C(=O)NCC(C)C)N(Cc1ccc(Cl)c(Cl)c1)C(=O)CSc1ccc(Cl)cc1. The van der Waals surface area contributed by atoms with Crippen LogP contribution >= 0.6 is 46.6 Å². The first kappa shape index (κ1) is 25.9. The number of nitrogens with one attached hydrogen (secondary N) is 1. The van der Waals surface area contributed by atoms with Gasteiger partial charge in [0.25, 0.3) is 0 Å². The molecule has 2 aromatic carbocycles. The Labute approximate surface area is 203 Å². The molecule has 0 aliphatic heterocycles. The fourth-order valence-electron chi connectivity index (χ4n) is 2.94. The molecule has 0 saturated heterocycles. The van der Waals surface area contributed by atoms with E-state index in [1.807, 2.05) is 39.0 Å². The minimum atomic E-state index is -0.577. The molecular weight excluding hydrogens is 475 g/mol. The van der Waals surface area contributed by atoms with Crippen LogP contribution in [0.15, 0.2) is 47.4 Å². The highest BCUT2D eigenvalue weighted by Gasteiger charge is 2.28. The van der Waals surface area contributed by atoms with Gasteiger partial charge in [-0.15, -0.1) is 11.8 Å². The zero-order chi connectivity index (χ0) is 23.0. The maximum atomic E-state index is 13.2. The molecule has 0 unspecified atom stereocenters. The predicted octanol–water partition coefficient (Wildman–Crippen LogP) is 6.32. The fourth-order valence-corrected chi connectivity index (χ4v) is 4.17. The number of amides is 2. The molecule has 2 amide bonds. The van der Waals surface area contributed by atoms with Crippen molar-refractivity contribution in [2.24, 2.45) is 5.92 Å². The van der Waals surface area contributed by atoms with E-state index in [1.54, 1.807) is 29.2 Å². The quantitative estimate of drug-likeness (QED) is 0.388. The standard InChI is InChI=1S/C23H27Cl3N2O2S/c1-4-21(23(30)27-12-15(2)3)28(13-16-5-10-19(25)20(26)11-16)22(29)14-31-18-8-6-17(24)7-9-18/h5-11,15,21H,4,12-14H2,1-3H3,(H,27,30)/t21-/m0/s1. The number of nitrogens with zero attached hydrogens (tertiary/aromatic N) is 1. The lowest BCUT2D eigenvalue weighted by Gasteiger charge is -2.31. The summed E-state index contributed by atoms with van der Waals surface area (Å²) >= 11 is 19.5. The van der Waals surface area contributed by atoms with Crippen LogP contribution in [0.4, 0.5) is 0 Å². The van der Waals surface area contributed by atoms with Crippen molar-refractivity contribution < 1.29 is 9.59 Å². The van der Waals surface area contributed by atoms with E-state index in [0.29, 0.717) is 34.0 Å². The van der Waals surface area contributed by atoms with Gasteiger partial charge in [0.2, 0.25) is 11.8 Å². The number of halogens is 3. The maximum absolute atomic E-state index is 13.2. The van der Waals surface area contributed by atoms with E-state index in [4.69, 9.17) is 34.8 Å². The first-order chi connectivity index (χ1) is 14.7. The Morgan fingerprint density at radius 2 is 1.71 bits per heavy atom. The molecule has 31 heavy (non-hydrogen) atoms. The summed E-state index contributed by atoms with van der Waals surface area (Å²) in [4.78, 5) is 28.7. The molecule has 168 valence electrons. The van der Waals surface area contributed by atoms with Crippen LogP contribution in [0.2, 0.25) is 15.1 Å². The Morgan fingerprint density at radius 1 is 1.03 bits per heavy atom. The lowest BCUT2D eigenvalue weighted by Crippen LogP contribution is -2.50. The van der Waals surface area contributed by atoms with Crippen molar-refractivity contribution in [3.8, 4) is 0 Å². The average molecular weight is 502 g/mol. The van der Waals surface area contributed by atoms with Crippen molar-refractivity contribution in [1.29, 1.82) is 0 Å². The number of hydrogen-bond acceptors (Lipinski definition) is 3. The fraction of sp³-hybridized carbons (Fsp3) is 0.391. The third-order valence-corrected chi connectivity index (χ3v) is 6.57.